The highest BCUT2D eigenvalue weighted by molar-refractivity contribution is 5.91. The van der Waals surface area contributed by atoms with Gasteiger partial charge in [0.1, 0.15) is 12.1 Å². The molecule has 0 spiro atoms. The Hall–Kier alpha value is -2.31. The van der Waals surface area contributed by atoms with Crippen LogP contribution in [0.15, 0.2) is 24.5 Å². The maximum Gasteiger partial charge on any atom is 0.224 e. The van der Waals surface area contributed by atoms with Crippen LogP contribution in [0, 0.1) is 5.82 Å². The van der Waals surface area contributed by atoms with Crippen molar-refractivity contribution in [1.82, 2.24) is 20.2 Å². The largest absolute Gasteiger partial charge is 0.324 e. The van der Waals surface area contributed by atoms with E-state index in [9.17, 15) is 9.18 Å². The summed E-state index contributed by atoms with van der Waals surface area (Å²) in [6.45, 7) is 1.88. The molecule has 1 N–H and O–H groups in total. The van der Waals surface area contributed by atoms with Crippen molar-refractivity contribution in [3.05, 3.63) is 30.3 Å². The van der Waals surface area contributed by atoms with Gasteiger partial charge in [0.05, 0.1) is 11.4 Å². The van der Waals surface area contributed by atoms with Gasteiger partial charge in [-0.3, -0.25) is 4.79 Å². The van der Waals surface area contributed by atoms with Gasteiger partial charge in [-0.05, 0) is 35.0 Å². The van der Waals surface area contributed by atoms with Gasteiger partial charge >= 0.3 is 0 Å². The highest BCUT2D eigenvalue weighted by Crippen LogP contribution is 2.18. The SMILES string of the molecule is CCCC(=O)Nc1cc(-n2cnnn2)ccc1F. The van der Waals surface area contributed by atoms with Crippen molar-refractivity contribution in [1.29, 1.82) is 0 Å². The third-order valence-electron chi connectivity index (χ3n) is 2.31. The standard InChI is InChI=1S/C11H12FN5O/c1-2-3-11(18)14-10-6-8(4-5-9(10)12)17-7-13-15-16-17/h4-7H,2-3H2,1H3,(H,14,18). The van der Waals surface area contributed by atoms with Crippen LogP contribution >= 0.6 is 0 Å². The van der Waals surface area contributed by atoms with Gasteiger partial charge in [-0.25, -0.2) is 9.07 Å². The number of amides is 1. The van der Waals surface area contributed by atoms with Crippen LogP contribution in [0.2, 0.25) is 0 Å². The number of carbonyl (C=O) groups is 1. The smallest absolute Gasteiger partial charge is 0.224 e. The summed E-state index contributed by atoms with van der Waals surface area (Å²) in [5.41, 5.74) is 0.703. The fourth-order valence-electron chi connectivity index (χ4n) is 1.47. The molecule has 2 aromatic rings. The summed E-state index contributed by atoms with van der Waals surface area (Å²) in [6, 6.07) is 4.28. The van der Waals surface area contributed by atoms with Crippen LogP contribution in [0.5, 0.6) is 0 Å². The molecule has 7 heteroatoms. The first-order valence-electron chi connectivity index (χ1n) is 5.53. The van der Waals surface area contributed by atoms with E-state index in [1.54, 1.807) is 0 Å². The Bertz CT molecular complexity index is 540. The van der Waals surface area contributed by atoms with Gasteiger partial charge in [-0.1, -0.05) is 6.92 Å². The predicted molar refractivity (Wildman–Crippen MR) is 62.6 cm³/mol. The Morgan fingerprint density at radius 2 is 2.33 bits per heavy atom. The predicted octanol–water partition coefficient (Wildman–Crippen LogP) is 1.54. The Labute approximate surface area is 103 Å². The van der Waals surface area contributed by atoms with E-state index in [1.807, 2.05) is 6.92 Å². The molecule has 0 radical (unpaired) electrons. The highest BCUT2D eigenvalue weighted by Gasteiger charge is 2.08. The molecule has 0 unspecified atom stereocenters. The molecule has 0 atom stereocenters. The second kappa shape index (κ2) is 5.35. The molecule has 2 rings (SSSR count). The van der Waals surface area contributed by atoms with E-state index in [1.165, 1.54) is 29.2 Å². The molecule has 0 bridgehead atoms. The monoisotopic (exact) mass is 249 g/mol. The number of benzene rings is 1. The van der Waals surface area contributed by atoms with Crippen molar-refractivity contribution < 1.29 is 9.18 Å². The molecule has 0 saturated heterocycles. The van der Waals surface area contributed by atoms with E-state index in [4.69, 9.17) is 0 Å². The minimum absolute atomic E-state index is 0.126. The van der Waals surface area contributed by atoms with Gasteiger partial charge < -0.3 is 5.32 Å². The Balaban J connectivity index is 2.24. The van der Waals surface area contributed by atoms with Crippen LogP contribution in [-0.2, 0) is 4.79 Å². The van der Waals surface area contributed by atoms with Crippen LogP contribution in [0.1, 0.15) is 19.8 Å². The van der Waals surface area contributed by atoms with Crippen LogP contribution in [0.4, 0.5) is 10.1 Å². The zero-order chi connectivity index (χ0) is 13.0. The van der Waals surface area contributed by atoms with E-state index >= 15 is 0 Å². The Kier molecular flexibility index (Phi) is 3.61. The lowest BCUT2D eigenvalue weighted by molar-refractivity contribution is -0.116. The topological polar surface area (TPSA) is 72.7 Å². The van der Waals surface area contributed by atoms with Gasteiger partial charge in [-0.15, -0.1) is 5.10 Å². The molecule has 94 valence electrons. The molecule has 1 heterocycles. The minimum Gasteiger partial charge on any atom is -0.324 e. The summed E-state index contributed by atoms with van der Waals surface area (Å²) in [5, 5.41) is 13.2. The van der Waals surface area contributed by atoms with Crippen molar-refractivity contribution in [3.63, 3.8) is 0 Å². The normalized spacial score (nSPS) is 10.3. The first kappa shape index (κ1) is 12.2. The summed E-state index contributed by atoms with van der Waals surface area (Å²) in [7, 11) is 0. The second-order valence-electron chi connectivity index (χ2n) is 3.72. The number of halogens is 1. The van der Waals surface area contributed by atoms with E-state index in [-0.39, 0.29) is 11.6 Å². The first-order valence-corrected chi connectivity index (χ1v) is 5.53. The Morgan fingerprint density at radius 1 is 1.50 bits per heavy atom. The number of nitrogens with zero attached hydrogens (tertiary/aromatic N) is 4. The summed E-state index contributed by atoms with van der Waals surface area (Å²) in [4.78, 5) is 11.4. The third-order valence-corrected chi connectivity index (χ3v) is 2.31. The van der Waals surface area contributed by atoms with Gasteiger partial charge in [0, 0.05) is 6.42 Å². The number of hydrogen-bond donors (Lipinski definition) is 1. The number of tetrazole rings is 1. The van der Waals surface area contributed by atoms with Crippen molar-refractivity contribution in [2.45, 2.75) is 19.8 Å². The summed E-state index contributed by atoms with van der Waals surface area (Å²) >= 11 is 0. The molecule has 1 aromatic carbocycles. The summed E-state index contributed by atoms with van der Waals surface area (Å²) in [5.74, 6) is -0.707. The molecule has 0 fully saturated rings. The number of carbonyl (C=O) groups excluding carboxylic acids is 1. The quantitative estimate of drug-likeness (QED) is 0.892. The minimum atomic E-state index is -0.490. The third kappa shape index (κ3) is 2.68. The van der Waals surface area contributed by atoms with Crippen molar-refractivity contribution in [3.8, 4) is 5.69 Å². The number of anilines is 1. The van der Waals surface area contributed by atoms with Crippen molar-refractivity contribution in [2.24, 2.45) is 0 Å². The molecule has 0 aliphatic rings. The second-order valence-corrected chi connectivity index (χ2v) is 3.72. The average molecular weight is 249 g/mol. The maximum atomic E-state index is 13.5. The molecule has 6 nitrogen and oxygen atoms in total. The molecule has 1 amide bonds. The van der Waals surface area contributed by atoms with Crippen LogP contribution in [-0.4, -0.2) is 26.1 Å². The number of nitrogens with one attached hydrogen (secondary N) is 1. The van der Waals surface area contributed by atoms with Crippen LogP contribution in [0.3, 0.4) is 0 Å². The van der Waals surface area contributed by atoms with Gasteiger partial charge in [0.25, 0.3) is 0 Å². The number of hydrogen-bond acceptors (Lipinski definition) is 4. The van der Waals surface area contributed by atoms with Crippen LogP contribution in [0.25, 0.3) is 5.69 Å². The lowest BCUT2D eigenvalue weighted by Crippen LogP contribution is -2.12. The average Bonchev–Trinajstić information content (AvgIpc) is 2.86. The first-order chi connectivity index (χ1) is 8.70. The zero-order valence-electron chi connectivity index (χ0n) is 9.80. The molecule has 0 saturated carbocycles. The van der Waals surface area contributed by atoms with Gasteiger partial charge in [0.2, 0.25) is 5.91 Å². The molecule has 1 aromatic heterocycles. The van der Waals surface area contributed by atoms with Crippen molar-refractivity contribution >= 4 is 11.6 Å². The molecule has 0 aliphatic carbocycles. The number of aromatic nitrogens is 4. The van der Waals surface area contributed by atoms with Crippen LogP contribution < -0.4 is 5.32 Å². The molecule has 18 heavy (non-hydrogen) atoms. The fourth-order valence-corrected chi connectivity index (χ4v) is 1.47. The van der Waals surface area contributed by atoms with E-state index in [0.29, 0.717) is 18.5 Å². The fraction of sp³-hybridized carbons (Fsp3) is 0.273. The maximum absolute atomic E-state index is 13.5. The summed E-state index contributed by atoms with van der Waals surface area (Å²) in [6.07, 6.45) is 2.46. The lowest BCUT2D eigenvalue weighted by Gasteiger charge is -2.07. The zero-order valence-corrected chi connectivity index (χ0v) is 9.80. The van der Waals surface area contributed by atoms with E-state index < -0.39 is 5.82 Å². The van der Waals surface area contributed by atoms with E-state index in [0.717, 1.165) is 0 Å². The number of rotatable bonds is 4. The summed E-state index contributed by atoms with van der Waals surface area (Å²) < 4.78 is 14.9. The van der Waals surface area contributed by atoms with Gasteiger partial charge in [-0.2, -0.15) is 0 Å². The lowest BCUT2D eigenvalue weighted by atomic mass is 10.2. The van der Waals surface area contributed by atoms with Crippen molar-refractivity contribution in [2.75, 3.05) is 5.32 Å². The Morgan fingerprint density at radius 3 is 3.00 bits per heavy atom. The van der Waals surface area contributed by atoms with E-state index in [2.05, 4.69) is 20.8 Å². The molecule has 0 aliphatic heterocycles. The highest BCUT2D eigenvalue weighted by atomic mass is 19.1. The molecular formula is C11H12FN5O. The molecular weight excluding hydrogens is 237 g/mol. The van der Waals surface area contributed by atoms with Gasteiger partial charge in [0.15, 0.2) is 0 Å².